The van der Waals surface area contributed by atoms with Crippen LogP contribution in [0.4, 0.5) is 0 Å². The number of likely N-dealkylation sites (tertiary alicyclic amines) is 1. The van der Waals surface area contributed by atoms with Gasteiger partial charge in [-0.15, -0.1) is 0 Å². The SMILES string of the molecule is COCCCN1C(=O)C(=O)/C(=C(/O)c2ccc(S(=O)(=O)N3CCOCC3)cc2)[C@@H]1c1ccccc1. The number of amides is 1. The molecule has 0 bridgehead atoms. The number of benzene rings is 2. The molecule has 0 saturated carbocycles. The lowest BCUT2D eigenvalue weighted by molar-refractivity contribution is -0.140. The Balaban J connectivity index is 1.70. The minimum absolute atomic E-state index is 0.0256. The van der Waals surface area contributed by atoms with Gasteiger partial charge in [-0.2, -0.15) is 4.31 Å². The number of carbonyl (C=O) groups excluding carboxylic acids is 2. The van der Waals surface area contributed by atoms with E-state index >= 15 is 0 Å². The van der Waals surface area contributed by atoms with Crippen LogP contribution in [0.3, 0.4) is 0 Å². The van der Waals surface area contributed by atoms with E-state index in [1.165, 1.54) is 33.5 Å². The van der Waals surface area contributed by atoms with E-state index in [2.05, 4.69) is 0 Å². The van der Waals surface area contributed by atoms with Crippen LogP contribution in [-0.2, 0) is 29.1 Å². The Morgan fingerprint density at radius 1 is 1.06 bits per heavy atom. The van der Waals surface area contributed by atoms with Gasteiger partial charge in [0.15, 0.2) is 0 Å². The summed E-state index contributed by atoms with van der Waals surface area (Å²) < 4.78 is 37.5. The maximum atomic E-state index is 13.0. The third-order valence-electron chi connectivity index (χ3n) is 6.14. The van der Waals surface area contributed by atoms with Crippen LogP contribution in [0.25, 0.3) is 5.76 Å². The van der Waals surface area contributed by atoms with E-state index in [1.807, 2.05) is 6.07 Å². The molecule has 35 heavy (non-hydrogen) atoms. The van der Waals surface area contributed by atoms with Gasteiger partial charge in [-0.3, -0.25) is 9.59 Å². The molecule has 2 fully saturated rings. The molecule has 2 aliphatic rings. The summed E-state index contributed by atoms with van der Waals surface area (Å²) in [6, 6.07) is 13.9. The molecule has 1 amide bonds. The van der Waals surface area contributed by atoms with E-state index < -0.39 is 27.8 Å². The van der Waals surface area contributed by atoms with Crippen LogP contribution in [-0.4, -0.2) is 81.0 Å². The van der Waals surface area contributed by atoms with Crippen LogP contribution in [0.5, 0.6) is 0 Å². The minimum Gasteiger partial charge on any atom is -0.507 e. The zero-order valence-electron chi connectivity index (χ0n) is 19.4. The first kappa shape index (κ1) is 25.1. The van der Waals surface area contributed by atoms with Crippen molar-refractivity contribution in [1.29, 1.82) is 0 Å². The summed E-state index contributed by atoms with van der Waals surface area (Å²) in [6.45, 7) is 1.92. The average Bonchev–Trinajstić information content (AvgIpc) is 3.14. The second kappa shape index (κ2) is 10.7. The molecule has 1 atom stereocenters. The number of aliphatic hydroxyl groups excluding tert-OH is 1. The minimum atomic E-state index is -3.70. The maximum Gasteiger partial charge on any atom is 0.295 e. The fraction of sp³-hybridized carbons (Fsp3) is 0.360. The van der Waals surface area contributed by atoms with Crippen LogP contribution in [0, 0.1) is 0 Å². The Morgan fingerprint density at radius 3 is 2.34 bits per heavy atom. The zero-order valence-corrected chi connectivity index (χ0v) is 20.2. The molecule has 10 heteroatoms. The van der Waals surface area contributed by atoms with Crippen molar-refractivity contribution < 1.29 is 32.6 Å². The number of ether oxygens (including phenoxy) is 2. The van der Waals surface area contributed by atoms with E-state index in [0.29, 0.717) is 31.8 Å². The average molecular weight is 501 g/mol. The molecule has 2 aromatic carbocycles. The van der Waals surface area contributed by atoms with Gasteiger partial charge in [0, 0.05) is 38.9 Å². The molecular formula is C25H28N2O7S. The number of aliphatic hydroxyl groups is 1. The van der Waals surface area contributed by atoms with Gasteiger partial charge in [0.25, 0.3) is 11.7 Å². The van der Waals surface area contributed by atoms with Crippen molar-refractivity contribution in [2.45, 2.75) is 17.4 Å². The van der Waals surface area contributed by atoms with Crippen LogP contribution in [0.1, 0.15) is 23.6 Å². The van der Waals surface area contributed by atoms with Crippen molar-refractivity contribution in [1.82, 2.24) is 9.21 Å². The van der Waals surface area contributed by atoms with Gasteiger partial charge in [-0.25, -0.2) is 8.42 Å². The standard InChI is InChI=1S/C25H28N2O7S/c1-33-15-5-12-27-22(18-6-3-2-4-7-18)21(24(29)25(27)30)23(28)19-8-10-20(11-9-19)35(31,32)26-13-16-34-17-14-26/h2-4,6-11,22,28H,5,12-17H2,1H3/b23-21+/t22-/m0/s1. The molecule has 186 valence electrons. The maximum absolute atomic E-state index is 13.0. The van der Waals surface area contributed by atoms with Gasteiger partial charge in [0.2, 0.25) is 10.0 Å². The molecule has 1 N–H and O–H groups in total. The first-order chi connectivity index (χ1) is 16.9. The summed E-state index contributed by atoms with van der Waals surface area (Å²) in [7, 11) is -2.14. The predicted molar refractivity (Wildman–Crippen MR) is 128 cm³/mol. The van der Waals surface area contributed by atoms with Crippen molar-refractivity contribution in [3.05, 3.63) is 71.3 Å². The number of nitrogens with zero attached hydrogens (tertiary/aromatic N) is 2. The van der Waals surface area contributed by atoms with E-state index in [4.69, 9.17) is 9.47 Å². The van der Waals surface area contributed by atoms with Crippen molar-refractivity contribution >= 4 is 27.5 Å². The number of rotatable bonds is 8. The molecule has 2 aromatic rings. The van der Waals surface area contributed by atoms with E-state index in [9.17, 15) is 23.1 Å². The summed E-state index contributed by atoms with van der Waals surface area (Å²) >= 11 is 0. The normalized spacial score (nSPS) is 20.9. The summed E-state index contributed by atoms with van der Waals surface area (Å²) in [6.07, 6.45) is 0.529. The molecule has 0 aliphatic carbocycles. The summed E-state index contributed by atoms with van der Waals surface area (Å²) in [5.74, 6) is -1.82. The van der Waals surface area contributed by atoms with E-state index in [-0.39, 0.29) is 41.4 Å². The van der Waals surface area contributed by atoms with Crippen molar-refractivity contribution in [3.63, 3.8) is 0 Å². The van der Waals surface area contributed by atoms with Gasteiger partial charge in [0.05, 0.1) is 29.7 Å². The predicted octanol–water partition coefficient (Wildman–Crippen LogP) is 2.17. The lowest BCUT2D eigenvalue weighted by Crippen LogP contribution is -2.40. The monoisotopic (exact) mass is 500 g/mol. The number of sulfonamides is 1. The Bertz CT molecular complexity index is 1200. The van der Waals surface area contributed by atoms with Gasteiger partial charge in [0.1, 0.15) is 5.76 Å². The fourth-order valence-electron chi connectivity index (χ4n) is 4.35. The van der Waals surface area contributed by atoms with Crippen molar-refractivity contribution in [3.8, 4) is 0 Å². The molecular weight excluding hydrogens is 472 g/mol. The highest BCUT2D eigenvalue weighted by atomic mass is 32.2. The van der Waals surface area contributed by atoms with Gasteiger partial charge in [-0.05, 0) is 36.2 Å². The van der Waals surface area contributed by atoms with Crippen LogP contribution < -0.4 is 0 Å². The molecule has 2 heterocycles. The highest BCUT2D eigenvalue weighted by Crippen LogP contribution is 2.39. The topological polar surface area (TPSA) is 113 Å². The van der Waals surface area contributed by atoms with Crippen LogP contribution in [0.15, 0.2) is 65.1 Å². The van der Waals surface area contributed by atoms with Crippen molar-refractivity contribution in [2.24, 2.45) is 0 Å². The number of hydrogen-bond acceptors (Lipinski definition) is 7. The lowest BCUT2D eigenvalue weighted by atomic mass is 9.95. The molecule has 2 saturated heterocycles. The third-order valence-corrected chi connectivity index (χ3v) is 8.05. The zero-order chi connectivity index (χ0) is 25.0. The lowest BCUT2D eigenvalue weighted by Gasteiger charge is -2.26. The number of methoxy groups -OCH3 is 1. The van der Waals surface area contributed by atoms with Gasteiger partial charge >= 0.3 is 0 Å². The first-order valence-corrected chi connectivity index (χ1v) is 12.8. The Labute approximate surface area is 204 Å². The van der Waals surface area contributed by atoms with Gasteiger partial charge in [-0.1, -0.05) is 30.3 Å². The van der Waals surface area contributed by atoms with Crippen LogP contribution >= 0.6 is 0 Å². The number of ketones is 1. The second-order valence-electron chi connectivity index (χ2n) is 8.29. The van der Waals surface area contributed by atoms with Crippen molar-refractivity contribution in [2.75, 3.05) is 46.6 Å². The van der Waals surface area contributed by atoms with Gasteiger partial charge < -0.3 is 19.5 Å². The smallest absolute Gasteiger partial charge is 0.295 e. The fourth-order valence-corrected chi connectivity index (χ4v) is 5.76. The number of hydrogen-bond donors (Lipinski definition) is 1. The highest BCUT2D eigenvalue weighted by Gasteiger charge is 2.45. The molecule has 9 nitrogen and oxygen atoms in total. The van der Waals surface area contributed by atoms with E-state index in [0.717, 1.165) is 0 Å². The Morgan fingerprint density at radius 2 is 1.71 bits per heavy atom. The second-order valence-corrected chi connectivity index (χ2v) is 10.2. The van der Waals surface area contributed by atoms with E-state index in [1.54, 1.807) is 31.4 Å². The number of morpholine rings is 1. The molecule has 0 radical (unpaired) electrons. The summed E-state index contributed by atoms with van der Waals surface area (Å²) in [5.41, 5.74) is 0.918. The number of Topliss-reactive ketones (excluding diaryl/α,β-unsaturated/α-hetero) is 1. The molecule has 0 spiro atoms. The molecule has 2 aliphatic heterocycles. The van der Waals surface area contributed by atoms with Crippen LogP contribution in [0.2, 0.25) is 0 Å². The highest BCUT2D eigenvalue weighted by molar-refractivity contribution is 7.89. The molecule has 0 unspecified atom stereocenters. The number of carbonyl (C=O) groups is 2. The molecule has 4 rings (SSSR count). The molecule has 0 aromatic heterocycles. The third kappa shape index (κ3) is 5.01. The largest absolute Gasteiger partial charge is 0.507 e. The summed E-state index contributed by atoms with van der Waals surface area (Å²) in [5, 5.41) is 11.2. The summed E-state index contributed by atoms with van der Waals surface area (Å²) in [4.78, 5) is 27.4. The first-order valence-electron chi connectivity index (χ1n) is 11.4. The quantitative estimate of drug-likeness (QED) is 0.256. The Hall–Kier alpha value is -3.05. The Kier molecular flexibility index (Phi) is 7.66.